The van der Waals surface area contributed by atoms with Crippen LogP contribution in [-0.4, -0.2) is 52.6 Å². The second-order valence-electron chi connectivity index (χ2n) is 7.20. The van der Waals surface area contributed by atoms with E-state index < -0.39 is 0 Å². The Morgan fingerprint density at radius 2 is 1.73 bits per heavy atom. The van der Waals surface area contributed by atoms with Gasteiger partial charge in [-0.1, -0.05) is 18.2 Å². The molecule has 0 bridgehead atoms. The number of para-hydroxylation sites is 1. The number of nitrogens with one attached hydrogen (secondary N) is 1. The highest BCUT2D eigenvalue weighted by Crippen LogP contribution is 2.19. The van der Waals surface area contributed by atoms with Gasteiger partial charge in [0, 0.05) is 42.3 Å². The third kappa shape index (κ3) is 4.41. The van der Waals surface area contributed by atoms with Gasteiger partial charge in [0.15, 0.2) is 0 Å². The number of benzene rings is 2. The highest BCUT2D eigenvalue weighted by atomic mass is 16.5. The summed E-state index contributed by atoms with van der Waals surface area (Å²) in [6.45, 7) is 4.87. The van der Waals surface area contributed by atoms with E-state index in [9.17, 15) is 9.59 Å². The zero-order valence-electron chi connectivity index (χ0n) is 16.9. The molecule has 0 aliphatic carbocycles. The maximum absolute atomic E-state index is 12.8. The van der Waals surface area contributed by atoms with Crippen LogP contribution >= 0.6 is 0 Å². The molecule has 1 N–H and O–H groups in total. The fourth-order valence-corrected chi connectivity index (χ4v) is 3.44. The lowest BCUT2D eigenvalue weighted by Gasteiger charge is -2.26. The number of carbonyl (C=O) groups is 2. The number of aromatic nitrogens is 2. The zero-order chi connectivity index (χ0) is 20.9. The van der Waals surface area contributed by atoms with Crippen molar-refractivity contribution < 1.29 is 14.3 Å². The highest BCUT2D eigenvalue weighted by Gasteiger charge is 2.19. The molecule has 0 atom stereocenters. The first-order chi connectivity index (χ1) is 14.6. The Labute approximate surface area is 175 Å². The van der Waals surface area contributed by atoms with Gasteiger partial charge in [-0.2, -0.15) is 0 Å². The topological polar surface area (TPSA) is 76.5 Å². The van der Waals surface area contributed by atoms with Gasteiger partial charge in [0.1, 0.15) is 5.82 Å². The molecule has 154 valence electrons. The predicted octanol–water partition coefficient (Wildman–Crippen LogP) is 2.96. The second-order valence-corrected chi connectivity index (χ2v) is 7.20. The van der Waals surface area contributed by atoms with Gasteiger partial charge in [0.2, 0.25) is 0 Å². The van der Waals surface area contributed by atoms with Crippen molar-refractivity contribution in [1.82, 2.24) is 14.5 Å². The molecule has 0 spiro atoms. The van der Waals surface area contributed by atoms with Crippen molar-refractivity contribution in [3.05, 3.63) is 83.4 Å². The summed E-state index contributed by atoms with van der Waals surface area (Å²) in [4.78, 5) is 31.3. The Bertz CT molecular complexity index is 1040. The van der Waals surface area contributed by atoms with Gasteiger partial charge in [-0.15, -0.1) is 0 Å². The summed E-state index contributed by atoms with van der Waals surface area (Å²) in [5.74, 6) is 0.665. The SMILES string of the molecule is Cc1nccn1Cc1ccccc1NC(=O)c1ccc(C(=O)N2CCOCC2)cc1. The fraction of sp³-hybridized carbons (Fsp3) is 0.261. The third-order valence-corrected chi connectivity index (χ3v) is 5.22. The number of imidazole rings is 1. The molecule has 1 fully saturated rings. The third-order valence-electron chi connectivity index (χ3n) is 5.22. The number of hydrogen-bond donors (Lipinski definition) is 1. The maximum Gasteiger partial charge on any atom is 0.255 e. The van der Waals surface area contributed by atoms with Gasteiger partial charge in [-0.25, -0.2) is 4.98 Å². The Morgan fingerprint density at radius 3 is 2.43 bits per heavy atom. The van der Waals surface area contributed by atoms with E-state index in [-0.39, 0.29) is 11.8 Å². The second kappa shape index (κ2) is 8.92. The van der Waals surface area contributed by atoms with E-state index in [0.717, 1.165) is 17.1 Å². The summed E-state index contributed by atoms with van der Waals surface area (Å²) in [7, 11) is 0. The van der Waals surface area contributed by atoms with Crippen LogP contribution in [0.3, 0.4) is 0 Å². The minimum Gasteiger partial charge on any atom is -0.378 e. The summed E-state index contributed by atoms with van der Waals surface area (Å²) < 4.78 is 7.31. The van der Waals surface area contributed by atoms with Crippen LogP contribution in [0.5, 0.6) is 0 Å². The monoisotopic (exact) mass is 404 g/mol. The van der Waals surface area contributed by atoms with E-state index in [1.54, 1.807) is 35.4 Å². The first kappa shape index (κ1) is 19.8. The van der Waals surface area contributed by atoms with Crippen LogP contribution in [0.25, 0.3) is 0 Å². The molecule has 1 aliphatic rings. The van der Waals surface area contributed by atoms with Gasteiger partial charge in [0.05, 0.1) is 19.8 Å². The van der Waals surface area contributed by atoms with E-state index >= 15 is 0 Å². The number of carbonyl (C=O) groups excluding carboxylic acids is 2. The van der Waals surface area contributed by atoms with E-state index in [1.165, 1.54) is 0 Å². The Kier molecular flexibility index (Phi) is 5.90. The molecule has 1 aromatic heterocycles. The van der Waals surface area contributed by atoms with Gasteiger partial charge in [0.25, 0.3) is 11.8 Å². The predicted molar refractivity (Wildman–Crippen MR) is 114 cm³/mol. The lowest BCUT2D eigenvalue weighted by molar-refractivity contribution is 0.0303. The van der Waals surface area contributed by atoms with E-state index in [1.807, 2.05) is 42.0 Å². The van der Waals surface area contributed by atoms with Crippen molar-refractivity contribution >= 4 is 17.5 Å². The van der Waals surface area contributed by atoms with Crippen LogP contribution < -0.4 is 5.32 Å². The van der Waals surface area contributed by atoms with Crippen LogP contribution in [0.15, 0.2) is 60.9 Å². The summed E-state index contributed by atoms with van der Waals surface area (Å²) in [5.41, 5.74) is 2.82. The molecule has 2 heterocycles. The fourth-order valence-electron chi connectivity index (χ4n) is 3.44. The average Bonchev–Trinajstić information content (AvgIpc) is 3.19. The van der Waals surface area contributed by atoms with Gasteiger partial charge >= 0.3 is 0 Å². The zero-order valence-corrected chi connectivity index (χ0v) is 16.9. The Hall–Kier alpha value is -3.45. The van der Waals surface area contributed by atoms with Gasteiger partial charge < -0.3 is 19.5 Å². The average molecular weight is 404 g/mol. The standard InChI is InChI=1S/C23H24N4O3/c1-17-24-10-11-27(17)16-20-4-2-3-5-21(20)25-22(28)18-6-8-19(9-7-18)23(29)26-12-14-30-15-13-26/h2-11H,12-16H2,1H3,(H,25,28). The lowest BCUT2D eigenvalue weighted by Crippen LogP contribution is -2.40. The molecule has 1 saturated heterocycles. The Morgan fingerprint density at radius 1 is 1.03 bits per heavy atom. The van der Waals surface area contributed by atoms with Crippen molar-refractivity contribution in [3.63, 3.8) is 0 Å². The highest BCUT2D eigenvalue weighted by molar-refractivity contribution is 6.05. The van der Waals surface area contributed by atoms with E-state index in [4.69, 9.17) is 4.74 Å². The van der Waals surface area contributed by atoms with Crippen molar-refractivity contribution in [3.8, 4) is 0 Å². The summed E-state index contributed by atoms with van der Waals surface area (Å²) >= 11 is 0. The van der Waals surface area contributed by atoms with Crippen LogP contribution in [0.4, 0.5) is 5.69 Å². The molecule has 0 radical (unpaired) electrons. The van der Waals surface area contributed by atoms with Crippen molar-refractivity contribution in [1.29, 1.82) is 0 Å². The van der Waals surface area contributed by atoms with Crippen LogP contribution in [0.2, 0.25) is 0 Å². The molecule has 4 rings (SSSR count). The number of nitrogens with zero attached hydrogens (tertiary/aromatic N) is 3. The maximum atomic E-state index is 12.8. The number of anilines is 1. The number of rotatable bonds is 5. The number of morpholine rings is 1. The molecule has 0 unspecified atom stereocenters. The lowest BCUT2D eigenvalue weighted by atomic mass is 10.1. The van der Waals surface area contributed by atoms with Gasteiger partial charge in [-0.05, 0) is 42.8 Å². The molecule has 2 amide bonds. The van der Waals surface area contributed by atoms with E-state index in [0.29, 0.717) is 44.0 Å². The first-order valence-electron chi connectivity index (χ1n) is 9.96. The molecule has 30 heavy (non-hydrogen) atoms. The minimum atomic E-state index is -0.213. The molecule has 7 nitrogen and oxygen atoms in total. The van der Waals surface area contributed by atoms with E-state index in [2.05, 4.69) is 10.3 Å². The van der Waals surface area contributed by atoms with Crippen LogP contribution in [0.1, 0.15) is 32.1 Å². The Balaban J connectivity index is 1.45. The van der Waals surface area contributed by atoms with Crippen LogP contribution in [0, 0.1) is 6.92 Å². The van der Waals surface area contributed by atoms with Gasteiger partial charge in [-0.3, -0.25) is 9.59 Å². The molecular weight excluding hydrogens is 380 g/mol. The van der Waals surface area contributed by atoms with Crippen molar-refractivity contribution in [2.24, 2.45) is 0 Å². The normalized spacial score (nSPS) is 13.8. The summed E-state index contributed by atoms with van der Waals surface area (Å²) in [5, 5.41) is 2.99. The smallest absolute Gasteiger partial charge is 0.255 e. The van der Waals surface area contributed by atoms with Crippen molar-refractivity contribution in [2.75, 3.05) is 31.6 Å². The summed E-state index contributed by atoms with van der Waals surface area (Å²) in [6, 6.07) is 14.5. The molecule has 1 aliphatic heterocycles. The first-order valence-corrected chi connectivity index (χ1v) is 9.96. The largest absolute Gasteiger partial charge is 0.378 e. The number of ether oxygens (including phenoxy) is 1. The number of amides is 2. The molecule has 0 saturated carbocycles. The van der Waals surface area contributed by atoms with Crippen molar-refractivity contribution in [2.45, 2.75) is 13.5 Å². The molecular formula is C23H24N4O3. The quantitative estimate of drug-likeness (QED) is 0.709. The molecule has 3 aromatic rings. The number of hydrogen-bond acceptors (Lipinski definition) is 4. The molecule has 7 heteroatoms. The van der Waals surface area contributed by atoms with Crippen LogP contribution in [-0.2, 0) is 11.3 Å². The minimum absolute atomic E-state index is 0.0358. The summed E-state index contributed by atoms with van der Waals surface area (Å²) in [6.07, 6.45) is 3.68. The number of aryl methyl sites for hydroxylation is 1. The molecule has 2 aromatic carbocycles.